The smallest absolute Gasteiger partial charge is 0.338 e. The first-order valence-corrected chi connectivity index (χ1v) is 4.73. The molecule has 0 aromatic heterocycles. The zero-order chi connectivity index (χ0) is 11.8. The molecule has 0 amide bonds. The minimum atomic E-state index is 0. The zero-order valence-electron chi connectivity index (χ0n) is 11.6. The van der Waals surface area contributed by atoms with E-state index in [2.05, 4.69) is 53.0 Å². The molecule has 0 spiro atoms. The zero-order valence-corrected chi connectivity index (χ0v) is 12.6. The van der Waals surface area contributed by atoms with Crippen molar-refractivity contribution in [3.05, 3.63) is 36.8 Å². The van der Waals surface area contributed by atoms with Crippen LogP contribution in [0.3, 0.4) is 0 Å². The molecule has 0 aliphatic rings. The van der Waals surface area contributed by atoms with Gasteiger partial charge in [-0.15, -0.1) is 0 Å². The fourth-order valence-corrected chi connectivity index (χ4v) is 0.500. The normalized spacial score (nSPS) is 8.88. The Balaban J connectivity index is -0.0000000800. The van der Waals surface area contributed by atoms with Crippen molar-refractivity contribution < 1.29 is 17.1 Å². The molecule has 0 saturated carbocycles. The van der Waals surface area contributed by atoms with E-state index in [1.54, 1.807) is 0 Å². The number of hydrogen-bond donors (Lipinski definition) is 0. The van der Waals surface area contributed by atoms with E-state index >= 15 is 0 Å². The van der Waals surface area contributed by atoms with Crippen LogP contribution < -0.4 is 0 Å². The maximum absolute atomic E-state index is 5.01. The van der Waals surface area contributed by atoms with Crippen molar-refractivity contribution in [2.45, 2.75) is 41.5 Å². The van der Waals surface area contributed by atoms with E-state index in [4.69, 9.17) is 13.2 Å². The molecule has 0 heterocycles. The first-order chi connectivity index (χ1) is 6.12. The van der Waals surface area contributed by atoms with E-state index in [1.165, 1.54) is 0 Å². The molecule has 0 N–H and O–H groups in total. The first kappa shape index (κ1) is 25.1. The molecule has 90 valence electrons. The Morgan fingerprint density at radius 3 is 0.938 bits per heavy atom. The van der Waals surface area contributed by atoms with Crippen molar-refractivity contribution in [3.63, 3.8) is 0 Å². The Bertz CT molecular complexity index is 213. The number of rotatable bonds is 0. The van der Waals surface area contributed by atoms with E-state index in [0.717, 1.165) is 0 Å². The molecule has 0 saturated heterocycles. The Kier molecular flexibility index (Phi) is 18.3. The van der Waals surface area contributed by atoms with Gasteiger partial charge < -0.3 is 11.5 Å². The third-order valence-corrected chi connectivity index (χ3v) is 1.03. The Morgan fingerprint density at radius 1 is 0.750 bits per heavy atom. The summed E-state index contributed by atoms with van der Waals surface area (Å²) in [6.07, 6.45) is 3.68. The molecular formula is C14H22CuLi. The summed E-state index contributed by atoms with van der Waals surface area (Å²) in [5.74, 6) is 0. The van der Waals surface area contributed by atoms with Gasteiger partial charge in [0, 0.05) is 18.9 Å². The summed E-state index contributed by atoms with van der Waals surface area (Å²) in [5.41, 5.74) is 5.34. The van der Waals surface area contributed by atoms with Crippen LogP contribution in [-0.4, -0.2) is 18.9 Å². The SMILES string of the molecule is [CH-]=C=CC(C)(C)C.[CH-]=C=CC(C)(C)C.[Cu+2].[Li]. The maximum Gasteiger partial charge on any atom is 2.00 e. The van der Waals surface area contributed by atoms with Crippen LogP contribution in [0.15, 0.2) is 23.6 Å². The second-order valence-corrected chi connectivity index (χ2v) is 5.35. The molecule has 0 atom stereocenters. The van der Waals surface area contributed by atoms with Crippen LogP contribution in [-0.2, 0) is 17.1 Å². The molecule has 0 aliphatic carbocycles. The molecule has 2 radical (unpaired) electrons. The number of allylic oxidation sites excluding steroid dienone is 2. The number of hydrogen-bond acceptors (Lipinski definition) is 0. The molecule has 0 nitrogen and oxygen atoms in total. The third-order valence-electron chi connectivity index (χ3n) is 1.03. The second kappa shape index (κ2) is 11.6. The van der Waals surface area contributed by atoms with Gasteiger partial charge in [0.2, 0.25) is 0 Å². The summed E-state index contributed by atoms with van der Waals surface area (Å²) in [4.78, 5) is 0. The Hall–Kier alpha value is 0.157. The van der Waals surface area contributed by atoms with Gasteiger partial charge in [0.05, 0.1) is 0 Å². The Morgan fingerprint density at radius 2 is 0.938 bits per heavy atom. The van der Waals surface area contributed by atoms with Crippen LogP contribution >= 0.6 is 0 Å². The minimum Gasteiger partial charge on any atom is -0.338 e. The van der Waals surface area contributed by atoms with E-state index in [1.807, 2.05) is 12.2 Å². The van der Waals surface area contributed by atoms with Gasteiger partial charge in [-0.3, -0.25) is 0 Å². The first-order valence-electron chi connectivity index (χ1n) is 4.73. The summed E-state index contributed by atoms with van der Waals surface area (Å²) in [5, 5.41) is 0. The van der Waals surface area contributed by atoms with Gasteiger partial charge in [-0.05, 0) is 0 Å². The minimum absolute atomic E-state index is 0. The fourth-order valence-electron chi connectivity index (χ4n) is 0.500. The molecule has 2 heteroatoms. The van der Waals surface area contributed by atoms with Crippen molar-refractivity contribution in [1.82, 2.24) is 0 Å². The van der Waals surface area contributed by atoms with E-state index < -0.39 is 0 Å². The molecule has 16 heavy (non-hydrogen) atoms. The summed E-state index contributed by atoms with van der Waals surface area (Å²) in [7, 11) is 0. The quantitative estimate of drug-likeness (QED) is 0.351. The Labute approximate surface area is 125 Å². The monoisotopic (exact) mass is 260 g/mol. The van der Waals surface area contributed by atoms with Gasteiger partial charge in [-0.25, -0.2) is 13.2 Å². The predicted molar refractivity (Wildman–Crippen MR) is 69.4 cm³/mol. The van der Waals surface area contributed by atoms with Crippen molar-refractivity contribution in [2.75, 3.05) is 0 Å². The van der Waals surface area contributed by atoms with Crippen LogP contribution in [0.1, 0.15) is 41.5 Å². The molecule has 0 aliphatic heterocycles. The summed E-state index contributed by atoms with van der Waals surface area (Å²) in [6, 6.07) is 0. The predicted octanol–water partition coefficient (Wildman–Crippen LogP) is 3.97. The van der Waals surface area contributed by atoms with E-state index in [-0.39, 0.29) is 46.8 Å². The molecule has 0 fully saturated rings. The van der Waals surface area contributed by atoms with Gasteiger partial charge in [0.25, 0.3) is 0 Å². The van der Waals surface area contributed by atoms with Crippen LogP contribution in [0.5, 0.6) is 0 Å². The molecular weight excluding hydrogens is 239 g/mol. The van der Waals surface area contributed by atoms with Gasteiger partial charge in [0.1, 0.15) is 0 Å². The third kappa shape index (κ3) is 36.8. The fraction of sp³-hybridized carbons (Fsp3) is 0.571. The van der Waals surface area contributed by atoms with E-state index in [0.29, 0.717) is 0 Å². The van der Waals surface area contributed by atoms with E-state index in [9.17, 15) is 0 Å². The molecule has 0 aromatic rings. The average molecular weight is 261 g/mol. The van der Waals surface area contributed by atoms with Crippen LogP contribution in [0.4, 0.5) is 0 Å². The van der Waals surface area contributed by atoms with Gasteiger partial charge >= 0.3 is 17.1 Å². The van der Waals surface area contributed by atoms with Crippen molar-refractivity contribution >= 4 is 18.9 Å². The van der Waals surface area contributed by atoms with Crippen molar-refractivity contribution in [1.29, 1.82) is 0 Å². The summed E-state index contributed by atoms with van der Waals surface area (Å²) >= 11 is 0. The average Bonchev–Trinajstić information content (AvgIpc) is 1.81. The summed E-state index contributed by atoms with van der Waals surface area (Å²) < 4.78 is 0. The van der Waals surface area contributed by atoms with Crippen molar-refractivity contribution in [3.8, 4) is 0 Å². The second-order valence-electron chi connectivity index (χ2n) is 5.35. The van der Waals surface area contributed by atoms with Crippen LogP contribution in [0.2, 0.25) is 0 Å². The van der Waals surface area contributed by atoms with Gasteiger partial charge in [-0.2, -0.15) is 12.2 Å². The van der Waals surface area contributed by atoms with Crippen LogP contribution in [0, 0.1) is 24.0 Å². The molecule has 0 bridgehead atoms. The van der Waals surface area contributed by atoms with Crippen LogP contribution in [0.25, 0.3) is 0 Å². The topological polar surface area (TPSA) is 0 Å². The van der Waals surface area contributed by atoms with Crippen molar-refractivity contribution in [2.24, 2.45) is 10.8 Å². The largest absolute Gasteiger partial charge is 2.00 e. The van der Waals surface area contributed by atoms with Gasteiger partial charge in [-0.1, -0.05) is 52.4 Å². The molecule has 0 aromatic carbocycles. The molecule has 0 unspecified atom stereocenters. The standard InChI is InChI=1S/2C7H11.Cu.Li/c2*1-5-6-7(2,3)4;;/h2*1,6H,2-4H3;;/q2*-1;+2;. The maximum atomic E-state index is 5.01. The summed E-state index contributed by atoms with van der Waals surface area (Å²) in [6.45, 7) is 22.5. The van der Waals surface area contributed by atoms with Gasteiger partial charge in [0.15, 0.2) is 0 Å². The molecule has 0 rings (SSSR count).